The van der Waals surface area contributed by atoms with E-state index in [2.05, 4.69) is 29.6 Å². The molecule has 4 nitrogen and oxygen atoms in total. The minimum absolute atomic E-state index is 0.0213. The molecule has 0 saturated carbocycles. The van der Waals surface area contributed by atoms with Crippen molar-refractivity contribution in [1.29, 1.82) is 0 Å². The van der Waals surface area contributed by atoms with E-state index in [1.807, 2.05) is 38.1 Å². The van der Waals surface area contributed by atoms with Crippen molar-refractivity contribution in [3.63, 3.8) is 0 Å². The lowest BCUT2D eigenvalue weighted by molar-refractivity contribution is -0.119. The van der Waals surface area contributed by atoms with E-state index in [-0.39, 0.29) is 24.2 Å². The summed E-state index contributed by atoms with van der Waals surface area (Å²) in [5.74, 6) is -0.0190. The summed E-state index contributed by atoms with van der Waals surface area (Å²) in [6, 6.07) is 15.9. The third kappa shape index (κ3) is 3.43. The van der Waals surface area contributed by atoms with Gasteiger partial charge < -0.3 is 10.1 Å². The summed E-state index contributed by atoms with van der Waals surface area (Å²) in [6.45, 7) is 5.53. The van der Waals surface area contributed by atoms with Gasteiger partial charge in [-0.25, -0.2) is 4.79 Å². The number of carbonyl (C=O) groups excluding carboxylic acids is 2. The van der Waals surface area contributed by atoms with Gasteiger partial charge in [0.2, 0.25) is 0 Å². The molecular weight excluding hydrogens is 314 g/mol. The maximum Gasteiger partial charge on any atom is 0.407 e. The van der Waals surface area contributed by atoms with Gasteiger partial charge in [-0.1, -0.05) is 62.4 Å². The van der Waals surface area contributed by atoms with Crippen LogP contribution in [-0.4, -0.2) is 24.5 Å². The Morgan fingerprint density at radius 3 is 2.00 bits per heavy atom. The highest BCUT2D eigenvalue weighted by atomic mass is 16.5. The minimum Gasteiger partial charge on any atom is -0.449 e. The number of rotatable bonds is 5. The van der Waals surface area contributed by atoms with E-state index in [0.717, 1.165) is 0 Å². The second-order valence-electron chi connectivity index (χ2n) is 6.80. The Hall–Kier alpha value is -2.62. The first-order chi connectivity index (χ1) is 12.0. The van der Waals surface area contributed by atoms with Gasteiger partial charge in [-0.15, -0.1) is 0 Å². The van der Waals surface area contributed by atoms with E-state index in [1.54, 1.807) is 0 Å². The fraction of sp³-hybridized carbons (Fsp3) is 0.333. The number of amides is 1. The maximum atomic E-state index is 12.2. The first-order valence-corrected chi connectivity index (χ1v) is 8.61. The number of Topliss-reactive ketones (excluding diaryl/α,β-unsaturated/α-hetero) is 1. The van der Waals surface area contributed by atoms with E-state index < -0.39 is 12.1 Å². The third-order valence-corrected chi connectivity index (χ3v) is 4.72. The number of alkyl carbamates (subject to hydrolysis) is 1. The van der Waals surface area contributed by atoms with Gasteiger partial charge in [0.25, 0.3) is 0 Å². The molecule has 0 heterocycles. The molecule has 1 unspecified atom stereocenters. The monoisotopic (exact) mass is 337 g/mol. The van der Waals surface area contributed by atoms with E-state index in [0.29, 0.717) is 0 Å². The van der Waals surface area contributed by atoms with Crippen LogP contribution in [0.3, 0.4) is 0 Å². The molecule has 25 heavy (non-hydrogen) atoms. The highest BCUT2D eigenvalue weighted by molar-refractivity contribution is 5.85. The number of fused-ring (bicyclic) bond motifs is 3. The number of hydrogen-bond acceptors (Lipinski definition) is 3. The van der Waals surface area contributed by atoms with Gasteiger partial charge in [-0.2, -0.15) is 0 Å². The fourth-order valence-electron chi connectivity index (χ4n) is 3.50. The predicted molar refractivity (Wildman–Crippen MR) is 97.5 cm³/mol. The number of ketones is 1. The minimum atomic E-state index is -0.546. The van der Waals surface area contributed by atoms with Crippen molar-refractivity contribution in [2.45, 2.75) is 32.7 Å². The van der Waals surface area contributed by atoms with E-state index >= 15 is 0 Å². The number of carbonyl (C=O) groups is 2. The quantitative estimate of drug-likeness (QED) is 0.892. The largest absolute Gasteiger partial charge is 0.449 e. The fourth-order valence-corrected chi connectivity index (χ4v) is 3.50. The summed E-state index contributed by atoms with van der Waals surface area (Å²) >= 11 is 0. The lowest BCUT2D eigenvalue weighted by Gasteiger charge is -2.20. The average Bonchev–Trinajstić information content (AvgIpc) is 2.91. The summed E-state index contributed by atoms with van der Waals surface area (Å²) in [6.07, 6.45) is -0.546. The van der Waals surface area contributed by atoms with Gasteiger partial charge in [0.15, 0.2) is 5.78 Å². The normalized spacial score (nSPS) is 13.9. The molecule has 0 fully saturated rings. The molecule has 0 radical (unpaired) electrons. The second-order valence-corrected chi connectivity index (χ2v) is 6.80. The van der Waals surface area contributed by atoms with E-state index in [4.69, 9.17) is 4.74 Å². The zero-order chi connectivity index (χ0) is 18.0. The number of nitrogens with one attached hydrogen (secondary N) is 1. The summed E-state index contributed by atoms with van der Waals surface area (Å²) in [5.41, 5.74) is 4.72. The zero-order valence-corrected chi connectivity index (χ0v) is 14.8. The molecule has 1 N–H and O–H groups in total. The van der Waals surface area contributed by atoms with E-state index in [1.165, 1.54) is 29.2 Å². The SMILES string of the molecule is CC(=O)C(NC(=O)OCC1c2ccccc2-c2ccccc21)C(C)C. The highest BCUT2D eigenvalue weighted by Gasteiger charge is 2.29. The van der Waals surface area contributed by atoms with Crippen molar-refractivity contribution in [3.05, 3.63) is 59.7 Å². The van der Waals surface area contributed by atoms with Crippen molar-refractivity contribution in [3.8, 4) is 11.1 Å². The summed E-state index contributed by atoms with van der Waals surface area (Å²) < 4.78 is 5.47. The number of benzene rings is 2. The highest BCUT2D eigenvalue weighted by Crippen LogP contribution is 2.44. The molecule has 1 atom stereocenters. The van der Waals surface area contributed by atoms with Gasteiger partial charge in [0.1, 0.15) is 6.61 Å². The Labute approximate surface area is 148 Å². The molecule has 1 aliphatic carbocycles. The Morgan fingerprint density at radius 2 is 1.52 bits per heavy atom. The smallest absolute Gasteiger partial charge is 0.407 e. The van der Waals surface area contributed by atoms with Crippen LogP contribution in [0, 0.1) is 5.92 Å². The standard InChI is InChI=1S/C21H23NO3/c1-13(2)20(14(3)23)22-21(24)25-12-19-17-10-6-4-8-15(17)16-9-5-7-11-18(16)19/h4-11,13,19-20H,12H2,1-3H3,(H,22,24). The van der Waals surface area contributed by atoms with Crippen LogP contribution < -0.4 is 5.32 Å². The molecule has 1 aliphatic rings. The van der Waals surface area contributed by atoms with Crippen molar-refractivity contribution in [2.75, 3.05) is 6.61 Å². The van der Waals surface area contributed by atoms with Crippen LogP contribution in [0.5, 0.6) is 0 Å². The molecule has 2 aromatic carbocycles. The van der Waals surface area contributed by atoms with Gasteiger partial charge >= 0.3 is 6.09 Å². The first-order valence-electron chi connectivity index (χ1n) is 8.61. The van der Waals surface area contributed by atoms with Crippen LogP contribution in [0.2, 0.25) is 0 Å². The summed E-state index contributed by atoms with van der Waals surface area (Å²) in [7, 11) is 0. The van der Waals surface area contributed by atoms with E-state index in [9.17, 15) is 9.59 Å². The van der Waals surface area contributed by atoms with Crippen LogP contribution in [0.15, 0.2) is 48.5 Å². The van der Waals surface area contributed by atoms with Crippen molar-refractivity contribution in [1.82, 2.24) is 5.32 Å². The molecule has 1 amide bonds. The molecular formula is C21H23NO3. The van der Waals surface area contributed by atoms with Gasteiger partial charge in [0.05, 0.1) is 6.04 Å². The van der Waals surface area contributed by atoms with Crippen molar-refractivity contribution in [2.24, 2.45) is 5.92 Å². The van der Waals surface area contributed by atoms with Crippen molar-refractivity contribution >= 4 is 11.9 Å². The Kier molecular flexibility index (Phi) is 4.88. The van der Waals surface area contributed by atoms with Crippen LogP contribution in [0.4, 0.5) is 4.79 Å². The van der Waals surface area contributed by atoms with Gasteiger partial charge in [0, 0.05) is 5.92 Å². The molecule has 0 spiro atoms. The van der Waals surface area contributed by atoms with Crippen molar-refractivity contribution < 1.29 is 14.3 Å². The topological polar surface area (TPSA) is 55.4 Å². The summed E-state index contributed by atoms with van der Waals surface area (Å²) in [5, 5.41) is 2.68. The Bertz CT molecular complexity index is 752. The molecule has 3 rings (SSSR count). The van der Waals surface area contributed by atoms with Crippen LogP contribution in [0.25, 0.3) is 11.1 Å². The second kappa shape index (κ2) is 7.09. The zero-order valence-electron chi connectivity index (χ0n) is 14.8. The molecule has 0 saturated heterocycles. The van der Waals surface area contributed by atoms with Crippen LogP contribution in [0.1, 0.15) is 37.8 Å². The number of hydrogen-bond donors (Lipinski definition) is 1. The lowest BCUT2D eigenvalue weighted by Crippen LogP contribution is -2.43. The number of ether oxygens (including phenoxy) is 1. The molecule has 2 aromatic rings. The maximum absolute atomic E-state index is 12.2. The molecule has 4 heteroatoms. The van der Waals surface area contributed by atoms with Gasteiger partial charge in [-0.05, 0) is 35.1 Å². The van der Waals surface area contributed by atoms with Gasteiger partial charge in [-0.3, -0.25) is 4.79 Å². The predicted octanol–water partition coefficient (Wildman–Crippen LogP) is 4.14. The molecule has 0 aliphatic heterocycles. The molecule has 130 valence electrons. The van der Waals surface area contributed by atoms with Crippen LogP contribution in [-0.2, 0) is 9.53 Å². The van der Waals surface area contributed by atoms with Crippen LogP contribution >= 0.6 is 0 Å². The Morgan fingerprint density at radius 1 is 1.00 bits per heavy atom. The summed E-state index contributed by atoms with van der Waals surface area (Å²) in [4.78, 5) is 23.8. The third-order valence-electron chi connectivity index (χ3n) is 4.72. The lowest BCUT2D eigenvalue weighted by atomic mass is 9.98. The Balaban J connectivity index is 1.73. The first kappa shape index (κ1) is 17.2. The average molecular weight is 337 g/mol. The molecule has 0 aromatic heterocycles. The molecule has 0 bridgehead atoms.